The van der Waals surface area contributed by atoms with Crippen LogP contribution >= 0.6 is 22.9 Å². The van der Waals surface area contributed by atoms with E-state index in [1.807, 2.05) is 31.0 Å². The zero-order chi connectivity index (χ0) is 15.2. The van der Waals surface area contributed by atoms with Crippen LogP contribution in [-0.2, 0) is 13.1 Å². The van der Waals surface area contributed by atoms with Crippen LogP contribution in [0.5, 0.6) is 0 Å². The van der Waals surface area contributed by atoms with E-state index in [2.05, 4.69) is 20.4 Å². The lowest BCUT2D eigenvalue weighted by Crippen LogP contribution is -2.38. The lowest BCUT2D eigenvalue weighted by molar-refractivity contribution is 0.387. The van der Waals surface area contributed by atoms with Crippen molar-refractivity contribution < 1.29 is 4.52 Å². The fraction of sp³-hybridized carbons (Fsp3) is 0.462. The first-order valence-corrected chi connectivity index (χ1v) is 7.80. The summed E-state index contributed by atoms with van der Waals surface area (Å²) in [5.74, 6) is 1.92. The summed E-state index contributed by atoms with van der Waals surface area (Å²) in [6, 6.07) is 3.93. The van der Waals surface area contributed by atoms with Gasteiger partial charge in [0.2, 0.25) is 5.89 Å². The number of thiophene rings is 1. The number of nitrogens with one attached hydrogen (secondary N) is 1. The van der Waals surface area contributed by atoms with Crippen LogP contribution in [0.1, 0.15) is 23.5 Å². The molecule has 0 atom stereocenters. The zero-order valence-corrected chi connectivity index (χ0v) is 13.8. The zero-order valence-electron chi connectivity index (χ0n) is 12.3. The van der Waals surface area contributed by atoms with Crippen molar-refractivity contribution in [3.05, 3.63) is 33.1 Å². The first kappa shape index (κ1) is 15.8. The Hall–Kier alpha value is -1.60. The Balaban J connectivity index is 2.02. The minimum atomic E-state index is 0.384. The van der Waals surface area contributed by atoms with E-state index < -0.39 is 0 Å². The topological polar surface area (TPSA) is 66.5 Å². The maximum absolute atomic E-state index is 5.96. The van der Waals surface area contributed by atoms with Gasteiger partial charge in [0, 0.05) is 25.4 Å². The number of aromatic nitrogens is 2. The van der Waals surface area contributed by atoms with Gasteiger partial charge >= 0.3 is 0 Å². The SMILES string of the molecule is CCNC(=NCc1noc(C)n1)N(C)Cc1ccc(Cl)s1. The van der Waals surface area contributed by atoms with Gasteiger partial charge in [0.25, 0.3) is 0 Å². The average Bonchev–Trinajstić information content (AvgIpc) is 3.03. The molecule has 1 N–H and O–H groups in total. The van der Waals surface area contributed by atoms with Crippen LogP contribution in [-0.4, -0.2) is 34.6 Å². The molecular formula is C13H18ClN5OS. The highest BCUT2D eigenvalue weighted by Crippen LogP contribution is 2.22. The molecule has 0 radical (unpaired) electrons. The van der Waals surface area contributed by atoms with E-state index in [4.69, 9.17) is 16.1 Å². The van der Waals surface area contributed by atoms with Gasteiger partial charge in [-0.1, -0.05) is 16.8 Å². The Morgan fingerprint density at radius 1 is 1.52 bits per heavy atom. The molecule has 114 valence electrons. The van der Waals surface area contributed by atoms with E-state index >= 15 is 0 Å². The highest BCUT2D eigenvalue weighted by atomic mass is 35.5. The third-order valence-electron chi connectivity index (χ3n) is 2.66. The molecule has 0 fully saturated rings. The Bertz CT molecular complexity index is 609. The van der Waals surface area contributed by atoms with Crippen molar-refractivity contribution in [2.24, 2.45) is 4.99 Å². The number of rotatable bonds is 5. The van der Waals surface area contributed by atoms with Gasteiger partial charge in [0.1, 0.15) is 6.54 Å². The van der Waals surface area contributed by atoms with Gasteiger partial charge in [0.15, 0.2) is 11.8 Å². The van der Waals surface area contributed by atoms with Gasteiger partial charge in [0.05, 0.1) is 10.9 Å². The van der Waals surface area contributed by atoms with Gasteiger partial charge in [-0.25, -0.2) is 4.99 Å². The fourth-order valence-corrected chi connectivity index (χ4v) is 2.91. The number of halogens is 1. The molecule has 6 nitrogen and oxygen atoms in total. The predicted octanol–water partition coefficient (Wildman–Crippen LogP) is 2.69. The maximum Gasteiger partial charge on any atom is 0.223 e. The fourth-order valence-electron chi connectivity index (χ4n) is 1.77. The molecule has 8 heteroatoms. The van der Waals surface area contributed by atoms with Crippen molar-refractivity contribution in [3.8, 4) is 0 Å². The van der Waals surface area contributed by atoms with Crippen LogP contribution in [0, 0.1) is 6.92 Å². The van der Waals surface area contributed by atoms with Gasteiger partial charge < -0.3 is 14.7 Å². The second kappa shape index (κ2) is 7.42. The summed E-state index contributed by atoms with van der Waals surface area (Å²) in [5.41, 5.74) is 0. The largest absolute Gasteiger partial charge is 0.357 e. The molecule has 2 rings (SSSR count). The van der Waals surface area contributed by atoms with E-state index in [-0.39, 0.29) is 0 Å². The van der Waals surface area contributed by atoms with Gasteiger partial charge in [-0.05, 0) is 19.1 Å². The number of aryl methyl sites for hydroxylation is 1. The van der Waals surface area contributed by atoms with Crippen molar-refractivity contribution in [2.45, 2.75) is 26.9 Å². The maximum atomic E-state index is 5.96. The summed E-state index contributed by atoms with van der Waals surface area (Å²) in [6.45, 7) is 5.71. The first-order chi connectivity index (χ1) is 10.1. The van der Waals surface area contributed by atoms with E-state index in [0.717, 1.165) is 23.4 Å². The van der Waals surface area contributed by atoms with Crippen molar-refractivity contribution in [2.75, 3.05) is 13.6 Å². The summed E-state index contributed by atoms with van der Waals surface area (Å²) < 4.78 is 5.73. The first-order valence-electron chi connectivity index (χ1n) is 6.61. The highest BCUT2D eigenvalue weighted by molar-refractivity contribution is 7.16. The van der Waals surface area contributed by atoms with Crippen molar-refractivity contribution >= 4 is 28.9 Å². The van der Waals surface area contributed by atoms with Gasteiger partial charge in [-0.3, -0.25) is 0 Å². The van der Waals surface area contributed by atoms with E-state index in [1.54, 1.807) is 18.3 Å². The van der Waals surface area contributed by atoms with Crippen LogP contribution < -0.4 is 5.32 Å². The number of hydrogen-bond acceptors (Lipinski definition) is 5. The predicted molar refractivity (Wildman–Crippen MR) is 84.6 cm³/mol. The Morgan fingerprint density at radius 3 is 2.90 bits per heavy atom. The van der Waals surface area contributed by atoms with E-state index in [1.165, 1.54) is 4.88 Å². The van der Waals surface area contributed by atoms with Crippen molar-refractivity contribution in [1.82, 2.24) is 20.4 Å². The molecule has 0 aliphatic carbocycles. The molecule has 0 saturated carbocycles. The molecular weight excluding hydrogens is 310 g/mol. The number of guanidine groups is 1. The molecule has 2 aromatic rings. The number of nitrogens with zero attached hydrogens (tertiary/aromatic N) is 4. The number of aliphatic imine (C=N–C) groups is 1. The van der Waals surface area contributed by atoms with Crippen LogP contribution in [0.2, 0.25) is 4.34 Å². The lowest BCUT2D eigenvalue weighted by atomic mass is 10.4. The second-order valence-corrected chi connectivity index (χ2v) is 6.26. The van der Waals surface area contributed by atoms with Gasteiger partial charge in [-0.2, -0.15) is 4.98 Å². The average molecular weight is 328 g/mol. The lowest BCUT2D eigenvalue weighted by Gasteiger charge is -2.21. The van der Waals surface area contributed by atoms with Gasteiger partial charge in [-0.15, -0.1) is 11.3 Å². The van der Waals surface area contributed by atoms with Crippen LogP contribution in [0.25, 0.3) is 0 Å². The molecule has 0 aromatic carbocycles. The normalized spacial score (nSPS) is 11.7. The molecule has 0 amide bonds. The summed E-state index contributed by atoms with van der Waals surface area (Å²) >= 11 is 7.53. The minimum Gasteiger partial charge on any atom is -0.357 e. The quantitative estimate of drug-likeness (QED) is 0.675. The molecule has 0 saturated heterocycles. The van der Waals surface area contributed by atoms with Crippen LogP contribution in [0.4, 0.5) is 0 Å². The summed E-state index contributed by atoms with van der Waals surface area (Å²) in [4.78, 5) is 11.9. The summed E-state index contributed by atoms with van der Waals surface area (Å²) in [6.07, 6.45) is 0. The second-order valence-electron chi connectivity index (χ2n) is 4.46. The summed E-state index contributed by atoms with van der Waals surface area (Å²) in [7, 11) is 1.98. The minimum absolute atomic E-state index is 0.384. The highest BCUT2D eigenvalue weighted by Gasteiger charge is 2.09. The molecule has 2 heterocycles. The van der Waals surface area contributed by atoms with E-state index in [9.17, 15) is 0 Å². The number of hydrogen-bond donors (Lipinski definition) is 1. The molecule has 0 aliphatic rings. The molecule has 21 heavy (non-hydrogen) atoms. The molecule has 0 aliphatic heterocycles. The summed E-state index contributed by atoms with van der Waals surface area (Å²) in [5, 5.41) is 7.09. The van der Waals surface area contributed by atoms with E-state index in [0.29, 0.717) is 18.3 Å². The van der Waals surface area contributed by atoms with Crippen LogP contribution in [0.3, 0.4) is 0 Å². The molecule has 0 bridgehead atoms. The third-order valence-corrected chi connectivity index (χ3v) is 3.87. The molecule has 0 unspecified atom stereocenters. The standard InChI is InChI=1S/C13H18ClN5OS/c1-4-15-13(16-7-12-17-9(2)20-18-12)19(3)8-10-5-6-11(14)21-10/h5-6H,4,7-8H2,1-3H3,(H,15,16). The molecule has 2 aromatic heterocycles. The third kappa shape index (κ3) is 4.71. The van der Waals surface area contributed by atoms with Crippen molar-refractivity contribution in [3.63, 3.8) is 0 Å². The van der Waals surface area contributed by atoms with Crippen LogP contribution in [0.15, 0.2) is 21.6 Å². The Kier molecular flexibility index (Phi) is 5.58. The molecule has 0 spiro atoms. The van der Waals surface area contributed by atoms with Crippen molar-refractivity contribution in [1.29, 1.82) is 0 Å². The smallest absolute Gasteiger partial charge is 0.223 e. The monoisotopic (exact) mass is 327 g/mol. The Labute approximate surface area is 132 Å². The Morgan fingerprint density at radius 2 is 2.33 bits per heavy atom.